The average Bonchev–Trinajstić information content (AvgIpc) is 2.45. The van der Waals surface area contributed by atoms with Gasteiger partial charge in [-0.15, -0.1) is 0 Å². The highest BCUT2D eigenvalue weighted by atomic mass is 79.9. The molecule has 1 heterocycles. The molecule has 0 atom stereocenters. The highest BCUT2D eigenvalue weighted by Gasteiger charge is 2.09. The smallest absolute Gasteiger partial charge is 0.123 e. The summed E-state index contributed by atoms with van der Waals surface area (Å²) < 4.78 is 0.854. The van der Waals surface area contributed by atoms with Crippen LogP contribution < -0.4 is 0 Å². The molecule has 0 saturated heterocycles. The van der Waals surface area contributed by atoms with Gasteiger partial charge in [0.2, 0.25) is 0 Å². The maximum atomic E-state index is 9.90. The summed E-state index contributed by atoms with van der Waals surface area (Å²) in [5.74, 6) is 0.285. The Balaban J connectivity index is 2.09. The Morgan fingerprint density at radius 3 is 2.60 bits per heavy atom. The van der Waals surface area contributed by atoms with E-state index in [9.17, 15) is 5.11 Å². The number of rotatable bonds is 2. The summed E-state index contributed by atoms with van der Waals surface area (Å²) >= 11 is 10.9. The van der Waals surface area contributed by atoms with Crippen molar-refractivity contribution in [1.29, 1.82) is 0 Å². The van der Waals surface area contributed by atoms with E-state index in [0.29, 0.717) is 5.02 Å². The Labute approximate surface area is 133 Å². The highest BCUT2D eigenvalue weighted by molar-refractivity contribution is 9.10. The van der Waals surface area contributed by atoms with Crippen molar-refractivity contribution in [3.8, 4) is 5.75 Å². The normalized spacial score (nSPS) is 10.9. The van der Waals surface area contributed by atoms with Gasteiger partial charge in [0.05, 0.1) is 9.50 Å². The van der Waals surface area contributed by atoms with E-state index in [4.69, 9.17) is 11.6 Å². The minimum absolute atomic E-state index is 0.285. The van der Waals surface area contributed by atoms with Crippen LogP contribution in [0, 0.1) is 0 Å². The van der Waals surface area contributed by atoms with Gasteiger partial charge in [0.15, 0.2) is 0 Å². The molecule has 1 N–H and O–H groups in total. The molecule has 0 amide bonds. The summed E-state index contributed by atoms with van der Waals surface area (Å²) in [7, 11) is 0. The number of hydrogen-bond acceptors (Lipinski definition) is 3. The van der Waals surface area contributed by atoms with Gasteiger partial charge in [0.25, 0.3) is 0 Å². The third kappa shape index (κ3) is 2.64. The third-order valence-electron chi connectivity index (χ3n) is 2.84. The lowest BCUT2D eigenvalue weighted by Crippen LogP contribution is -1.84. The number of phenols is 1. The fourth-order valence-electron chi connectivity index (χ4n) is 1.93. The lowest BCUT2D eigenvalue weighted by atomic mass is 10.1. The van der Waals surface area contributed by atoms with Crippen LogP contribution in [0.2, 0.25) is 5.02 Å². The molecule has 0 aliphatic heterocycles. The fourth-order valence-corrected chi connectivity index (χ4v) is 3.70. The summed E-state index contributed by atoms with van der Waals surface area (Å²) in [5, 5.41) is 13.2. The number of fused-ring (bicyclic) bond motifs is 1. The molecular weight excluding hydrogens is 358 g/mol. The maximum absolute atomic E-state index is 9.90. The number of pyridine rings is 1. The lowest BCUT2D eigenvalue weighted by Gasteiger charge is -2.08. The quantitative estimate of drug-likeness (QED) is 0.649. The molecule has 3 aromatic rings. The summed E-state index contributed by atoms with van der Waals surface area (Å²) in [5.41, 5.74) is 0. The van der Waals surface area contributed by atoms with Crippen molar-refractivity contribution >= 4 is 50.1 Å². The average molecular weight is 367 g/mol. The van der Waals surface area contributed by atoms with Crippen molar-refractivity contribution in [1.82, 2.24) is 4.98 Å². The van der Waals surface area contributed by atoms with Crippen molar-refractivity contribution in [2.45, 2.75) is 9.92 Å². The zero-order chi connectivity index (χ0) is 14.1. The Morgan fingerprint density at radius 2 is 1.85 bits per heavy atom. The van der Waals surface area contributed by atoms with Gasteiger partial charge in [-0.05, 0) is 39.5 Å². The van der Waals surface area contributed by atoms with Gasteiger partial charge in [0.1, 0.15) is 10.8 Å². The maximum Gasteiger partial charge on any atom is 0.123 e. The standard InChI is InChI=1S/C15H9BrClNOS/c16-12-7-9(17)8-18-15(12)20-14-6-5-13(19)10-3-1-2-4-11(10)14/h1-8,19H. The lowest BCUT2D eigenvalue weighted by molar-refractivity contribution is 0.481. The van der Waals surface area contributed by atoms with Crippen LogP contribution in [-0.4, -0.2) is 10.1 Å². The first-order valence-electron chi connectivity index (χ1n) is 5.85. The van der Waals surface area contributed by atoms with Gasteiger partial charge in [-0.3, -0.25) is 0 Å². The van der Waals surface area contributed by atoms with Gasteiger partial charge in [-0.2, -0.15) is 0 Å². The predicted octanol–water partition coefficient (Wildman–Crippen LogP) is 5.51. The molecule has 0 spiro atoms. The molecule has 0 unspecified atom stereocenters. The molecule has 1 aromatic heterocycles. The number of benzene rings is 2. The molecule has 5 heteroatoms. The van der Waals surface area contributed by atoms with E-state index in [0.717, 1.165) is 25.2 Å². The van der Waals surface area contributed by atoms with Crippen LogP contribution >= 0.6 is 39.3 Å². The molecule has 100 valence electrons. The Kier molecular flexibility index (Phi) is 3.87. The second-order valence-corrected chi connectivity index (χ2v) is 6.49. The minimum Gasteiger partial charge on any atom is -0.507 e. The van der Waals surface area contributed by atoms with Crippen molar-refractivity contribution in [2.24, 2.45) is 0 Å². The van der Waals surface area contributed by atoms with Gasteiger partial charge in [-0.25, -0.2) is 4.98 Å². The van der Waals surface area contributed by atoms with Crippen LogP contribution in [0.4, 0.5) is 0 Å². The summed E-state index contributed by atoms with van der Waals surface area (Å²) in [6.45, 7) is 0. The van der Waals surface area contributed by atoms with Crippen LogP contribution in [0.3, 0.4) is 0 Å². The number of aromatic nitrogens is 1. The van der Waals surface area contributed by atoms with Gasteiger partial charge < -0.3 is 5.11 Å². The summed E-state index contributed by atoms with van der Waals surface area (Å²) in [6, 6.07) is 13.2. The molecule has 0 aliphatic carbocycles. The minimum atomic E-state index is 0.285. The summed E-state index contributed by atoms with van der Waals surface area (Å²) in [4.78, 5) is 5.36. The Hall–Kier alpha value is -1.23. The fraction of sp³-hybridized carbons (Fsp3) is 0. The Morgan fingerprint density at radius 1 is 1.10 bits per heavy atom. The van der Waals surface area contributed by atoms with E-state index >= 15 is 0 Å². The SMILES string of the molecule is Oc1ccc(Sc2ncc(Cl)cc2Br)c2ccccc12. The Bertz CT molecular complexity index is 794. The van der Waals surface area contributed by atoms with E-state index < -0.39 is 0 Å². The topological polar surface area (TPSA) is 33.1 Å². The first-order chi connectivity index (χ1) is 9.65. The predicted molar refractivity (Wildman–Crippen MR) is 86.7 cm³/mol. The van der Waals surface area contributed by atoms with Crippen molar-refractivity contribution in [3.05, 3.63) is 58.2 Å². The molecule has 0 aliphatic rings. The number of nitrogens with zero attached hydrogens (tertiary/aromatic N) is 1. The van der Waals surface area contributed by atoms with Crippen LogP contribution in [0.25, 0.3) is 10.8 Å². The molecule has 20 heavy (non-hydrogen) atoms. The van der Waals surface area contributed by atoms with E-state index in [2.05, 4.69) is 20.9 Å². The number of phenolic OH excluding ortho intramolecular Hbond substituents is 1. The molecule has 0 saturated carbocycles. The second kappa shape index (κ2) is 5.64. The van der Waals surface area contributed by atoms with Crippen molar-refractivity contribution < 1.29 is 5.11 Å². The molecular formula is C15H9BrClNOS. The molecule has 0 fully saturated rings. The first-order valence-corrected chi connectivity index (χ1v) is 7.83. The zero-order valence-electron chi connectivity index (χ0n) is 10.2. The van der Waals surface area contributed by atoms with E-state index in [1.807, 2.05) is 36.4 Å². The number of aromatic hydroxyl groups is 1. The van der Waals surface area contributed by atoms with Crippen LogP contribution in [0.5, 0.6) is 5.75 Å². The highest BCUT2D eigenvalue weighted by Crippen LogP contribution is 2.39. The van der Waals surface area contributed by atoms with Crippen LogP contribution in [0.15, 0.2) is 63.1 Å². The molecule has 0 bridgehead atoms. The third-order valence-corrected chi connectivity index (χ3v) is 5.01. The number of halogens is 2. The van der Waals surface area contributed by atoms with E-state index in [-0.39, 0.29) is 5.75 Å². The zero-order valence-corrected chi connectivity index (χ0v) is 13.3. The molecule has 2 aromatic carbocycles. The van der Waals surface area contributed by atoms with Crippen molar-refractivity contribution in [3.63, 3.8) is 0 Å². The largest absolute Gasteiger partial charge is 0.507 e. The monoisotopic (exact) mass is 365 g/mol. The number of hydrogen-bond donors (Lipinski definition) is 1. The second-order valence-electron chi connectivity index (χ2n) is 4.17. The van der Waals surface area contributed by atoms with Gasteiger partial charge in [0, 0.05) is 16.5 Å². The van der Waals surface area contributed by atoms with Gasteiger partial charge in [-0.1, -0.05) is 47.6 Å². The van der Waals surface area contributed by atoms with Crippen LogP contribution in [-0.2, 0) is 0 Å². The van der Waals surface area contributed by atoms with Gasteiger partial charge >= 0.3 is 0 Å². The van der Waals surface area contributed by atoms with Crippen molar-refractivity contribution in [2.75, 3.05) is 0 Å². The van der Waals surface area contributed by atoms with E-state index in [1.54, 1.807) is 12.3 Å². The summed E-state index contributed by atoms with van der Waals surface area (Å²) in [6.07, 6.45) is 1.62. The molecule has 3 rings (SSSR count). The van der Waals surface area contributed by atoms with E-state index in [1.165, 1.54) is 11.8 Å². The van der Waals surface area contributed by atoms with Crippen LogP contribution in [0.1, 0.15) is 0 Å². The molecule has 2 nitrogen and oxygen atoms in total. The molecule has 0 radical (unpaired) electrons. The first kappa shape index (κ1) is 13.7.